The highest BCUT2D eigenvalue weighted by molar-refractivity contribution is 14.0. The second kappa shape index (κ2) is 12.6. The average molecular weight is 546 g/mol. The minimum Gasteiger partial charge on any atom is -0.356 e. The van der Waals surface area contributed by atoms with E-state index in [1.807, 2.05) is 29.9 Å². The molecule has 1 aliphatic rings. The first-order valence-electron chi connectivity index (χ1n) is 10.7. The molecule has 9 heteroatoms. The minimum atomic E-state index is 0. The zero-order chi connectivity index (χ0) is 20.6. The van der Waals surface area contributed by atoms with Crippen LogP contribution in [0.3, 0.4) is 0 Å². The topological polar surface area (TPSA) is 70.4 Å². The summed E-state index contributed by atoms with van der Waals surface area (Å²) >= 11 is 1.83. The van der Waals surface area contributed by atoms with Gasteiger partial charge < -0.3 is 15.2 Å². The van der Waals surface area contributed by atoms with Crippen molar-refractivity contribution in [3.05, 3.63) is 34.0 Å². The number of likely N-dealkylation sites (tertiary alicyclic amines) is 1. The van der Waals surface area contributed by atoms with Crippen LogP contribution in [0, 0.1) is 12.8 Å². The molecule has 2 atom stereocenters. The van der Waals surface area contributed by atoms with Gasteiger partial charge in [0.25, 0.3) is 0 Å². The van der Waals surface area contributed by atoms with Gasteiger partial charge in [0.15, 0.2) is 11.8 Å². The average Bonchev–Trinajstić information content (AvgIpc) is 3.45. The number of aryl methyl sites for hydroxylation is 1. The van der Waals surface area contributed by atoms with Crippen LogP contribution in [0.4, 0.5) is 0 Å². The molecule has 1 saturated heterocycles. The van der Waals surface area contributed by atoms with Crippen molar-refractivity contribution in [3.8, 4) is 0 Å². The molecule has 168 valence electrons. The summed E-state index contributed by atoms with van der Waals surface area (Å²) in [6.45, 7) is 11.2. The molecule has 2 aromatic rings. The van der Waals surface area contributed by atoms with Gasteiger partial charge in [-0.05, 0) is 56.6 Å². The van der Waals surface area contributed by atoms with Crippen molar-refractivity contribution in [1.29, 1.82) is 0 Å². The molecule has 30 heavy (non-hydrogen) atoms. The molecule has 0 amide bonds. The number of thiophene rings is 1. The Morgan fingerprint density at radius 2 is 2.20 bits per heavy atom. The van der Waals surface area contributed by atoms with E-state index >= 15 is 0 Å². The fraction of sp³-hybridized carbons (Fsp3) is 0.667. The molecule has 0 radical (unpaired) electrons. The van der Waals surface area contributed by atoms with E-state index in [-0.39, 0.29) is 24.0 Å². The second-order valence-electron chi connectivity index (χ2n) is 7.96. The third kappa shape index (κ3) is 7.19. The smallest absolute Gasteiger partial charge is 0.191 e. The Morgan fingerprint density at radius 3 is 2.87 bits per heavy atom. The van der Waals surface area contributed by atoms with Crippen molar-refractivity contribution in [1.82, 2.24) is 30.3 Å². The van der Waals surface area contributed by atoms with Crippen LogP contribution in [0.25, 0.3) is 0 Å². The highest BCUT2D eigenvalue weighted by Crippen LogP contribution is 2.16. The predicted molar refractivity (Wildman–Crippen MR) is 136 cm³/mol. The van der Waals surface area contributed by atoms with Crippen LogP contribution >= 0.6 is 35.3 Å². The highest BCUT2D eigenvalue weighted by Gasteiger charge is 2.23. The summed E-state index contributed by atoms with van der Waals surface area (Å²) in [4.78, 5) is 8.79. The molecule has 0 bridgehead atoms. The van der Waals surface area contributed by atoms with Crippen molar-refractivity contribution in [2.45, 2.75) is 52.6 Å². The fourth-order valence-corrected chi connectivity index (χ4v) is 4.65. The Labute approximate surface area is 201 Å². The summed E-state index contributed by atoms with van der Waals surface area (Å²) < 4.78 is 2.00. The molecular weight excluding hydrogens is 509 g/mol. The molecule has 2 aromatic heterocycles. The second-order valence-corrected chi connectivity index (χ2v) is 8.99. The Kier molecular flexibility index (Phi) is 10.5. The molecule has 3 rings (SSSR count). The monoisotopic (exact) mass is 545 g/mol. The van der Waals surface area contributed by atoms with Gasteiger partial charge in [-0.2, -0.15) is 0 Å². The van der Waals surface area contributed by atoms with Gasteiger partial charge in [-0.25, -0.2) is 4.99 Å². The maximum absolute atomic E-state index is 4.80. The van der Waals surface area contributed by atoms with Crippen LogP contribution in [0.5, 0.6) is 0 Å². The lowest BCUT2D eigenvalue weighted by atomic mass is 10.1. The number of halogens is 1. The van der Waals surface area contributed by atoms with Crippen LogP contribution in [0.1, 0.15) is 43.2 Å². The Hall–Kier alpha value is -1.20. The molecule has 1 fully saturated rings. The van der Waals surface area contributed by atoms with Gasteiger partial charge in [-0.15, -0.1) is 45.5 Å². The fourth-order valence-electron chi connectivity index (χ4n) is 3.79. The molecule has 0 saturated carbocycles. The van der Waals surface area contributed by atoms with Crippen LogP contribution in [-0.4, -0.2) is 57.8 Å². The SMILES string of the molecule is CCN1CCCC1CNC(=NCc1nnc(C)n1C)NCC(C)Cc1cccs1.I. The number of aliphatic imine (C=N–C) groups is 1. The van der Waals surface area contributed by atoms with Gasteiger partial charge in [0.05, 0.1) is 0 Å². The van der Waals surface area contributed by atoms with Crippen LogP contribution in [0.15, 0.2) is 22.5 Å². The number of nitrogens with one attached hydrogen (secondary N) is 2. The normalized spacial score (nSPS) is 18.3. The molecule has 0 aliphatic carbocycles. The van der Waals surface area contributed by atoms with Crippen molar-refractivity contribution in [2.75, 3.05) is 26.2 Å². The van der Waals surface area contributed by atoms with Gasteiger partial charge in [0.2, 0.25) is 0 Å². The van der Waals surface area contributed by atoms with Crippen LogP contribution in [-0.2, 0) is 20.0 Å². The number of aromatic nitrogens is 3. The zero-order valence-corrected chi connectivity index (χ0v) is 21.7. The van der Waals surface area contributed by atoms with Crippen molar-refractivity contribution >= 4 is 41.3 Å². The van der Waals surface area contributed by atoms with Crippen LogP contribution in [0.2, 0.25) is 0 Å². The van der Waals surface area contributed by atoms with Crippen molar-refractivity contribution in [3.63, 3.8) is 0 Å². The van der Waals surface area contributed by atoms with E-state index < -0.39 is 0 Å². The third-order valence-corrected chi connectivity index (χ3v) is 6.62. The lowest BCUT2D eigenvalue weighted by Gasteiger charge is -2.24. The van der Waals surface area contributed by atoms with E-state index in [2.05, 4.69) is 57.1 Å². The van der Waals surface area contributed by atoms with E-state index in [4.69, 9.17) is 4.99 Å². The zero-order valence-electron chi connectivity index (χ0n) is 18.6. The van der Waals surface area contributed by atoms with Crippen LogP contribution < -0.4 is 10.6 Å². The summed E-state index contributed by atoms with van der Waals surface area (Å²) in [5.74, 6) is 3.20. The standard InChI is InChI=1S/C21H35N7S.HI/c1-5-28-10-6-8-18(28)14-23-21(24-15-20-26-25-17(3)27(20)4)22-13-16(2)12-19-9-7-11-29-19;/h7,9,11,16,18H,5-6,8,10,12-15H2,1-4H3,(H2,22,23,24);1H. The molecule has 0 aromatic carbocycles. The van der Waals surface area contributed by atoms with Gasteiger partial charge in [-0.1, -0.05) is 19.9 Å². The predicted octanol–water partition coefficient (Wildman–Crippen LogP) is 3.20. The minimum absolute atomic E-state index is 0. The van der Waals surface area contributed by atoms with E-state index in [1.165, 1.54) is 24.3 Å². The summed E-state index contributed by atoms with van der Waals surface area (Å²) in [7, 11) is 1.99. The summed E-state index contributed by atoms with van der Waals surface area (Å²) in [6.07, 6.45) is 3.63. The largest absolute Gasteiger partial charge is 0.356 e. The first kappa shape index (κ1) is 25.1. The molecule has 0 spiro atoms. The number of guanidine groups is 1. The lowest BCUT2D eigenvalue weighted by molar-refractivity contribution is 0.267. The lowest BCUT2D eigenvalue weighted by Crippen LogP contribution is -2.46. The van der Waals surface area contributed by atoms with E-state index in [0.29, 0.717) is 18.5 Å². The molecular formula is C21H36IN7S. The molecule has 1 aliphatic heterocycles. The third-order valence-electron chi connectivity index (χ3n) is 5.72. The number of rotatable bonds is 9. The van der Waals surface area contributed by atoms with E-state index in [9.17, 15) is 0 Å². The maximum Gasteiger partial charge on any atom is 0.191 e. The summed E-state index contributed by atoms with van der Waals surface area (Å²) in [6, 6.07) is 4.93. The van der Waals surface area contributed by atoms with Gasteiger partial charge in [0, 0.05) is 31.1 Å². The summed E-state index contributed by atoms with van der Waals surface area (Å²) in [5.41, 5.74) is 0. The van der Waals surface area contributed by atoms with Gasteiger partial charge in [0.1, 0.15) is 12.4 Å². The first-order valence-corrected chi connectivity index (χ1v) is 11.6. The van der Waals surface area contributed by atoms with E-state index in [1.54, 1.807) is 0 Å². The molecule has 7 nitrogen and oxygen atoms in total. The Balaban J connectivity index is 0.00000320. The Bertz CT molecular complexity index is 774. The number of hydrogen-bond donors (Lipinski definition) is 2. The Morgan fingerprint density at radius 1 is 1.37 bits per heavy atom. The highest BCUT2D eigenvalue weighted by atomic mass is 127. The van der Waals surface area contributed by atoms with Crippen molar-refractivity contribution in [2.24, 2.45) is 18.0 Å². The number of hydrogen-bond acceptors (Lipinski definition) is 5. The van der Waals surface area contributed by atoms with E-state index in [0.717, 1.165) is 43.7 Å². The molecule has 2 unspecified atom stereocenters. The summed E-state index contributed by atoms with van der Waals surface area (Å²) in [5, 5.41) is 17.7. The molecule has 3 heterocycles. The first-order chi connectivity index (χ1) is 14.1. The number of nitrogens with zero attached hydrogens (tertiary/aromatic N) is 5. The van der Waals surface area contributed by atoms with Gasteiger partial charge in [-0.3, -0.25) is 4.90 Å². The maximum atomic E-state index is 4.80. The number of likely N-dealkylation sites (N-methyl/N-ethyl adjacent to an activating group) is 1. The molecule has 2 N–H and O–H groups in total. The van der Waals surface area contributed by atoms with Crippen molar-refractivity contribution < 1.29 is 0 Å². The van der Waals surface area contributed by atoms with Gasteiger partial charge >= 0.3 is 0 Å². The quantitative estimate of drug-likeness (QED) is 0.288.